The Labute approximate surface area is 55.9 Å². The lowest BCUT2D eigenvalue weighted by molar-refractivity contribution is 1.31. The third kappa shape index (κ3) is 0.980. The summed E-state index contributed by atoms with van der Waals surface area (Å²) in [4.78, 5) is 3.82. The lowest BCUT2D eigenvalue weighted by atomic mass is 10.4. The van der Waals surface area contributed by atoms with Crippen LogP contribution in [-0.4, -0.2) is 4.98 Å². The van der Waals surface area contributed by atoms with E-state index in [4.69, 9.17) is 5.73 Å². The first-order valence-corrected chi connectivity index (χ1v) is 2.95. The van der Waals surface area contributed by atoms with E-state index in [0.717, 1.165) is 10.2 Å². The molecule has 1 heterocycles. The second-order valence-electron chi connectivity index (χ2n) is 1.40. The van der Waals surface area contributed by atoms with Crippen molar-refractivity contribution >= 4 is 21.6 Å². The summed E-state index contributed by atoms with van der Waals surface area (Å²) < 4.78 is 0.847. The molecule has 1 rings (SSSR count). The van der Waals surface area contributed by atoms with Gasteiger partial charge in [0, 0.05) is 18.1 Å². The van der Waals surface area contributed by atoms with Crippen LogP contribution in [-0.2, 0) is 0 Å². The highest BCUT2D eigenvalue weighted by atomic mass is 79.9. The largest absolute Gasteiger partial charge is 0.398 e. The molecule has 0 saturated carbocycles. The molecule has 0 bridgehead atoms. The lowest BCUT2D eigenvalue weighted by Gasteiger charge is -1.91. The van der Waals surface area contributed by atoms with E-state index in [9.17, 15) is 0 Å². The molecule has 1 aromatic heterocycles. The third-order valence-corrected chi connectivity index (χ3v) is 1.47. The Balaban J connectivity index is 3.13. The fourth-order valence-electron chi connectivity index (χ4n) is 0.386. The van der Waals surface area contributed by atoms with E-state index in [1.807, 2.05) is 0 Å². The van der Waals surface area contributed by atoms with Crippen LogP contribution in [0.2, 0.25) is 0 Å². The Morgan fingerprint density at radius 3 is 2.75 bits per heavy atom. The van der Waals surface area contributed by atoms with Gasteiger partial charge in [-0.2, -0.15) is 0 Å². The predicted octanol–water partition coefficient (Wildman–Crippen LogP) is 1.43. The number of hydrogen-bond acceptors (Lipinski definition) is 2. The second-order valence-corrected chi connectivity index (χ2v) is 2.25. The van der Waals surface area contributed by atoms with Gasteiger partial charge < -0.3 is 5.73 Å². The number of halogens is 1. The average molecular weight is 173 g/mol. The minimum atomic E-state index is 0.722. The van der Waals surface area contributed by atoms with Crippen LogP contribution in [0.1, 0.15) is 0 Å². The van der Waals surface area contributed by atoms with E-state index in [2.05, 4.69) is 20.9 Å². The topological polar surface area (TPSA) is 38.9 Å². The Hall–Kier alpha value is -0.570. The molecule has 8 heavy (non-hydrogen) atoms. The molecule has 0 aliphatic rings. The molecule has 2 nitrogen and oxygen atoms in total. The molecule has 0 fully saturated rings. The Bertz CT molecular complexity index is 167. The van der Waals surface area contributed by atoms with E-state index >= 15 is 0 Å². The van der Waals surface area contributed by atoms with Crippen LogP contribution in [0.25, 0.3) is 0 Å². The van der Waals surface area contributed by atoms with Gasteiger partial charge in [0.25, 0.3) is 0 Å². The molecule has 3 heteroatoms. The number of nitrogen functional groups attached to an aromatic ring is 1. The van der Waals surface area contributed by atoms with E-state index in [0.29, 0.717) is 0 Å². The van der Waals surface area contributed by atoms with E-state index < -0.39 is 0 Å². The Kier molecular flexibility index (Phi) is 1.48. The van der Waals surface area contributed by atoms with Gasteiger partial charge in [-0.3, -0.25) is 4.98 Å². The van der Waals surface area contributed by atoms with Gasteiger partial charge >= 0.3 is 0 Å². The number of rotatable bonds is 0. The summed E-state index contributed by atoms with van der Waals surface area (Å²) in [6.45, 7) is 0. The smallest absolute Gasteiger partial charge is 0.0588 e. The van der Waals surface area contributed by atoms with Gasteiger partial charge in [-0.1, -0.05) is 0 Å². The monoisotopic (exact) mass is 172 g/mol. The van der Waals surface area contributed by atoms with Gasteiger partial charge in [0.15, 0.2) is 0 Å². The van der Waals surface area contributed by atoms with Gasteiger partial charge in [-0.25, -0.2) is 0 Å². The fourth-order valence-corrected chi connectivity index (χ4v) is 0.636. The Morgan fingerprint density at radius 1 is 1.62 bits per heavy atom. The van der Waals surface area contributed by atoms with E-state index in [1.165, 1.54) is 0 Å². The van der Waals surface area contributed by atoms with Crippen molar-refractivity contribution < 1.29 is 0 Å². The molecule has 0 saturated heterocycles. The number of nitrogens with zero attached hydrogens (tertiary/aromatic N) is 1. The summed E-state index contributed by atoms with van der Waals surface area (Å²) in [6, 6.07) is 1.74. The molecule has 1 aromatic rings. The van der Waals surface area contributed by atoms with Gasteiger partial charge in [0.2, 0.25) is 0 Å². The highest BCUT2D eigenvalue weighted by molar-refractivity contribution is 9.10. The van der Waals surface area contributed by atoms with Crippen molar-refractivity contribution in [2.75, 3.05) is 5.73 Å². The summed E-state index contributed by atoms with van der Waals surface area (Å²) in [6.07, 6.45) is 3.31. The van der Waals surface area contributed by atoms with Crippen molar-refractivity contribution in [3.8, 4) is 0 Å². The predicted molar refractivity (Wildman–Crippen MR) is 36.3 cm³/mol. The quantitative estimate of drug-likeness (QED) is 0.644. The van der Waals surface area contributed by atoms with Crippen LogP contribution in [0, 0.1) is 0 Å². The molecule has 0 unspecified atom stereocenters. The highest BCUT2D eigenvalue weighted by Crippen LogP contribution is 2.14. The fraction of sp³-hybridized carbons (Fsp3) is 0. The molecule has 42 valence electrons. The zero-order chi connectivity index (χ0) is 5.98. The van der Waals surface area contributed by atoms with Gasteiger partial charge in [0.1, 0.15) is 0 Å². The normalized spacial score (nSPS) is 9.12. The number of nitrogens with two attached hydrogens (primary N) is 1. The van der Waals surface area contributed by atoms with Crippen molar-refractivity contribution in [3.05, 3.63) is 22.9 Å². The molecule has 0 amide bonds. The summed E-state index contributed by atoms with van der Waals surface area (Å²) in [5, 5.41) is 0. The second kappa shape index (κ2) is 2.13. The highest BCUT2D eigenvalue weighted by Gasteiger charge is 1.87. The number of pyridine rings is 1. The first-order valence-electron chi connectivity index (χ1n) is 2.15. The minimum Gasteiger partial charge on any atom is -0.398 e. The maximum Gasteiger partial charge on any atom is 0.0588 e. The molecular formula is C5H5BrN2. The first-order chi connectivity index (χ1) is 3.80. The van der Waals surface area contributed by atoms with E-state index in [-0.39, 0.29) is 0 Å². The van der Waals surface area contributed by atoms with E-state index in [1.54, 1.807) is 18.5 Å². The zero-order valence-corrected chi connectivity index (χ0v) is 5.72. The molecule has 0 radical (unpaired) electrons. The molecule has 0 aromatic carbocycles. The molecule has 2 N–H and O–H groups in total. The van der Waals surface area contributed by atoms with Crippen molar-refractivity contribution in [2.24, 2.45) is 0 Å². The molecule has 0 atom stereocenters. The first kappa shape index (κ1) is 5.56. The van der Waals surface area contributed by atoms with Crippen LogP contribution in [0.15, 0.2) is 22.9 Å². The lowest BCUT2D eigenvalue weighted by Crippen LogP contribution is -1.84. The minimum absolute atomic E-state index is 0.722. The van der Waals surface area contributed by atoms with Crippen LogP contribution in [0.4, 0.5) is 5.69 Å². The summed E-state index contributed by atoms with van der Waals surface area (Å²) in [5.41, 5.74) is 6.16. The van der Waals surface area contributed by atoms with Crippen molar-refractivity contribution in [1.29, 1.82) is 0 Å². The average Bonchev–Trinajstić information content (AvgIpc) is 1.77. The standard InChI is InChI=1S/C5H5BrN2/c6-4-3-8-2-1-5(4)7/h1-3H,(H2,7,8). The summed E-state index contributed by atoms with van der Waals surface area (Å²) in [7, 11) is 0. The van der Waals surface area contributed by atoms with Crippen molar-refractivity contribution in [3.63, 3.8) is 0 Å². The van der Waals surface area contributed by atoms with Crippen LogP contribution in [0.3, 0.4) is 0 Å². The van der Waals surface area contributed by atoms with Gasteiger partial charge in [-0.05, 0) is 22.0 Å². The molecule has 0 spiro atoms. The van der Waals surface area contributed by atoms with Crippen LogP contribution in [0.5, 0.6) is 0 Å². The molecule has 0 aliphatic carbocycles. The maximum atomic E-state index is 5.43. The van der Waals surface area contributed by atoms with Crippen molar-refractivity contribution in [1.82, 2.24) is 4.98 Å². The number of hydrogen-bond donors (Lipinski definition) is 1. The molecule has 0 aliphatic heterocycles. The third-order valence-electron chi connectivity index (χ3n) is 0.804. The van der Waals surface area contributed by atoms with Crippen LogP contribution >= 0.6 is 15.9 Å². The summed E-state index contributed by atoms with van der Waals surface area (Å²) in [5.74, 6) is 0. The SMILES string of the molecule is Nc1ccncc1Br. The molecular weight excluding hydrogens is 168 g/mol. The zero-order valence-electron chi connectivity index (χ0n) is 4.13. The van der Waals surface area contributed by atoms with Gasteiger partial charge in [0.05, 0.1) is 4.47 Å². The van der Waals surface area contributed by atoms with Crippen LogP contribution < -0.4 is 5.73 Å². The Morgan fingerprint density at radius 2 is 2.38 bits per heavy atom. The number of anilines is 1. The summed E-state index contributed by atoms with van der Waals surface area (Å²) >= 11 is 3.21. The number of aromatic nitrogens is 1. The van der Waals surface area contributed by atoms with Gasteiger partial charge in [-0.15, -0.1) is 0 Å². The maximum absolute atomic E-state index is 5.43. The van der Waals surface area contributed by atoms with Crippen molar-refractivity contribution in [2.45, 2.75) is 0 Å².